The highest BCUT2D eigenvalue weighted by Gasteiger charge is 2.35. The van der Waals surface area contributed by atoms with Crippen molar-refractivity contribution in [2.75, 3.05) is 26.7 Å². The van der Waals surface area contributed by atoms with E-state index in [4.69, 9.17) is 9.47 Å². The first kappa shape index (κ1) is 33.9. The van der Waals surface area contributed by atoms with Gasteiger partial charge in [0.1, 0.15) is 17.1 Å². The minimum atomic E-state index is -0.119. The van der Waals surface area contributed by atoms with Gasteiger partial charge >= 0.3 is 5.97 Å². The molecule has 4 nitrogen and oxygen atoms in total. The number of likely N-dealkylation sites (tertiary alicyclic amines) is 1. The van der Waals surface area contributed by atoms with Gasteiger partial charge in [0.05, 0.1) is 20.1 Å². The fourth-order valence-electron chi connectivity index (χ4n) is 7.30. The van der Waals surface area contributed by atoms with Crippen LogP contribution in [-0.2, 0) is 11.2 Å². The van der Waals surface area contributed by atoms with Crippen LogP contribution < -0.4 is 9.47 Å². The third kappa shape index (κ3) is 10.0. The summed E-state index contributed by atoms with van der Waals surface area (Å²) in [5, 5.41) is 0. The Labute approximate surface area is 253 Å². The molecule has 0 N–H and O–H groups in total. The fraction of sp³-hybridized carbons (Fsp3) is 0.811. The summed E-state index contributed by atoms with van der Waals surface area (Å²) >= 11 is 0. The first-order chi connectivity index (χ1) is 19.3. The Kier molecular flexibility index (Phi) is 12.6. The van der Waals surface area contributed by atoms with Crippen LogP contribution in [0.4, 0.5) is 0 Å². The first-order valence-corrected chi connectivity index (χ1v) is 17.2. The van der Waals surface area contributed by atoms with Crippen LogP contribution in [0.3, 0.4) is 0 Å². The maximum absolute atomic E-state index is 13.0. The smallest absolute Gasteiger partial charge is 0.367 e. The van der Waals surface area contributed by atoms with Gasteiger partial charge in [-0.05, 0) is 107 Å². The molecule has 3 atom stereocenters. The van der Waals surface area contributed by atoms with Crippen LogP contribution in [0.5, 0.6) is 11.5 Å². The zero-order valence-corrected chi connectivity index (χ0v) is 28.4. The molecule has 0 radical (unpaired) electrons. The number of esters is 1. The number of hydrogen-bond acceptors (Lipinski definition) is 3. The molecule has 0 bridgehead atoms. The molecule has 234 valence electrons. The van der Waals surface area contributed by atoms with Gasteiger partial charge in [0, 0.05) is 5.56 Å². The van der Waals surface area contributed by atoms with Gasteiger partial charge in [0.15, 0.2) is 6.54 Å². The molecule has 0 aliphatic carbocycles. The SMILES string of the molecule is Cc1c(C)c2c(c(C)c1OC(=O)C[N+]1(C)CCCCC1)CC[C@@](C)(CCC[C@H](C)CCC[C@H](C)CCCC(C)C)O2. The van der Waals surface area contributed by atoms with E-state index in [-0.39, 0.29) is 11.6 Å². The van der Waals surface area contributed by atoms with E-state index in [2.05, 4.69) is 62.4 Å². The van der Waals surface area contributed by atoms with Crippen molar-refractivity contribution in [2.45, 2.75) is 151 Å². The summed E-state index contributed by atoms with van der Waals surface area (Å²) in [4.78, 5) is 13.0. The highest BCUT2D eigenvalue weighted by molar-refractivity contribution is 5.75. The summed E-state index contributed by atoms with van der Waals surface area (Å²) in [5.74, 6) is 4.21. The number of rotatable bonds is 15. The van der Waals surface area contributed by atoms with E-state index >= 15 is 0 Å². The molecule has 1 saturated heterocycles. The van der Waals surface area contributed by atoms with Crippen LogP contribution in [0, 0.1) is 38.5 Å². The molecule has 3 rings (SSSR count). The molecule has 0 unspecified atom stereocenters. The Morgan fingerprint density at radius 3 is 2.05 bits per heavy atom. The van der Waals surface area contributed by atoms with Gasteiger partial charge in [-0.3, -0.25) is 0 Å². The third-order valence-corrected chi connectivity index (χ3v) is 10.5. The lowest BCUT2D eigenvalue weighted by atomic mass is 9.83. The minimum absolute atomic E-state index is 0.101. The van der Waals surface area contributed by atoms with E-state index in [0.29, 0.717) is 6.54 Å². The Balaban J connectivity index is 1.50. The van der Waals surface area contributed by atoms with Crippen molar-refractivity contribution in [2.24, 2.45) is 17.8 Å². The minimum Gasteiger partial charge on any atom is -0.487 e. The van der Waals surface area contributed by atoms with Crippen molar-refractivity contribution in [1.82, 2.24) is 0 Å². The first-order valence-electron chi connectivity index (χ1n) is 17.2. The average Bonchev–Trinajstić information content (AvgIpc) is 2.89. The predicted molar refractivity (Wildman–Crippen MR) is 173 cm³/mol. The van der Waals surface area contributed by atoms with Gasteiger partial charge < -0.3 is 14.0 Å². The van der Waals surface area contributed by atoms with Gasteiger partial charge in [-0.15, -0.1) is 0 Å². The van der Waals surface area contributed by atoms with E-state index < -0.39 is 0 Å². The number of likely N-dealkylation sites (N-methyl/N-ethyl adjacent to an activating group) is 1. The predicted octanol–water partition coefficient (Wildman–Crippen LogP) is 9.67. The van der Waals surface area contributed by atoms with E-state index in [0.717, 1.165) is 82.8 Å². The number of carbonyl (C=O) groups is 1. The second-order valence-corrected chi connectivity index (χ2v) is 15.2. The van der Waals surface area contributed by atoms with Crippen LogP contribution in [0.15, 0.2) is 0 Å². The molecule has 2 heterocycles. The fourth-order valence-corrected chi connectivity index (χ4v) is 7.30. The standard InChI is InChI=1S/C37H64NO3/c1-27(2)16-13-17-28(3)18-14-19-29(4)20-15-22-37(8)23-21-33-32(7)35(30(5)31(6)36(33)41-37)40-34(39)26-38(9)24-11-10-12-25-38/h27-29H,10-26H2,1-9H3/q+1/t28-,29-,37-/m1/s1. The molecule has 1 aromatic carbocycles. The van der Waals surface area contributed by atoms with Crippen LogP contribution in [0.2, 0.25) is 0 Å². The van der Waals surface area contributed by atoms with Gasteiger partial charge in [-0.1, -0.05) is 72.6 Å². The molecule has 0 spiro atoms. The van der Waals surface area contributed by atoms with E-state index in [1.807, 2.05) is 0 Å². The molecular formula is C37H64NO3+. The Bertz CT molecular complexity index is 993. The normalized spacial score (nSPS) is 21.7. The molecule has 2 aliphatic heterocycles. The van der Waals surface area contributed by atoms with Gasteiger partial charge in [-0.2, -0.15) is 0 Å². The summed E-state index contributed by atoms with van der Waals surface area (Å²) in [5.41, 5.74) is 4.39. The van der Waals surface area contributed by atoms with Gasteiger partial charge in [0.25, 0.3) is 0 Å². The number of hydrogen-bond donors (Lipinski definition) is 0. The Hall–Kier alpha value is -1.55. The van der Waals surface area contributed by atoms with E-state index in [1.165, 1.54) is 76.2 Å². The number of quaternary nitrogens is 1. The average molecular weight is 571 g/mol. The summed E-state index contributed by atoms with van der Waals surface area (Å²) in [6, 6.07) is 0. The van der Waals surface area contributed by atoms with Gasteiger partial charge in [-0.25, -0.2) is 4.79 Å². The lowest BCUT2D eigenvalue weighted by Crippen LogP contribution is -2.51. The molecule has 0 aromatic heterocycles. The maximum Gasteiger partial charge on any atom is 0.367 e. The number of nitrogens with zero attached hydrogens (tertiary/aromatic N) is 1. The van der Waals surface area contributed by atoms with Crippen molar-refractivity contribution < 1.29 is 18.8 Å². The highest BCUT2D eigenvalue weighted by atomic mass is 16.5. The number of ether oxygens (including phenoxy) is 2. The zero-order chi connectivity index (χ0) is 30.2. The zero-order valence-electron chi connectivity index (χ0n) is 28.4. The molecule has 1 fully saturated rings. The number of benzene rings is 1. The van der Waals surface area contributed by atoms with Crippen molar-refractivity contribution in [3.8, 4) is 11.5 Å². The van der Waals surface area contributed by atoms with Gasteiger partial charge in [0.2, 0.25) is 0 Å². The van der Waals surface area contributed by atoms with Crippen LogP contribution in [0.1, 0.15) is 140 Å². The molecule has 2 aliphatic rings. The van der Waals surface area contributed by atoms with Crippen LogP contribution in [-0.4, -0.2) is 42.7 Å². The van der Waals surface area contributed by atoms with Crippen molar-refractivity contribution >= 4 is 5.97 Å². The second kappa shape index (κ2) is 15.3. The lowest BCUT2D eigenvalue weighted by Gasteiger charge is -2.39. The summed E-state index contributed by atoms with van der Waals surface area (Å²) in [6.07, 6.45) is 17.6. The quantitative estimate of drug-likeness (QED) is 0.120. The van der Waals surface area contributed by atoms with Crippen molar-refractivity contribution in [3.63, 3.8) is 0 Å². The Morgan fingerprint density at radius 2 is 1.44 bits per heavy atom. The van der Waals surface area contributed by atoms with Crippen molar-refractivity contribution in [1.29, 1.82) is 0 Å². The lowest BCUT2D eigenvalue weighted by molar-refractivity contribution is -0.906. The molecular weight excluding hydrogens is 506 g/mol. The molecule has 4 heteroatoms. The largest absolute Gasteiger partial charge is 0.487 e. The van der Waals surface area contributed by atoms with Crippen LogP contribution in [0.25, 0.3) is 0 Å². The molecule has 1 aromatic rings. The number of carbonyl (C=O) groups excluding carboxylic acids is 1. The monoisotopic (exact) mass is 570 g/mol. The van der Waals surface area contributed by atoms with Crippen LogP contribution >= 0.6 is 0 Å². The van der Waals surface area contributed by atoms with E-state index in [9.17, 15) is 4.79 Å². The summed E-state index contributed by atoms with van der Waals surface area (Å²) in [6.45, 7) is 20.8. The Morgan fingerprint density at radius 1 is 0.854 bits per heavy atom. The molecule has 41 heavy (non-hydrogen) atoms. The number of piperidine rings is 1. The van der Waals surface area contributed by atoms with E-state index in [1.54, 1.807) is 0 Å². The number of fused-ring (bicyclic) bond motifs is 1. The third-order valence-electron chi connectivity index (χ3n) is 10.5. The topological polar surface area (TPSA) is 35.5 Å². The van der Waals surface area contributed by atoms with Crippen molar-refractivity contribution in [3.05, 3.63) is 22.3 Å². The second-order valence-electron chi connectivity index (χ2n) is 15.2. The maximum atomic E-state index is 13.0. The molecule has 0 amide bonds. The molecule has 0 saturated carbocycles. The summed E-state index contributed by atoms with van der Waals surface area (Å²) in [7, 11) is 2.20. The highest BCUT2D eigenvalue weighted by Crippen LogP contribution is 2.45. The summed E-state index contributed by atoms with van der Waals surface area (Å²) < 4.78 is 13.7.